The van der Waals surface area contributed by atoms with Gasteiger partial charge in [-0.15, -0.1) is 0 Å². The van der Waals surface area contributed by atoms with Crippen molar-refractivity contribution in [1.82, 2.24) is 4.98 Å². The van der Waals surface area contributed by atoms with Crippen molar-refractivity contribution < 1.29 is 27.8 Å². The second-order valence-corrected chi connectivity index (χ2v) is 5.95. The van der Waals surface area contributed by atoms with Gasteiger partial charge in [0, 0.05) is 6.20 Å². The number of anilines is 1. The molecule has 0 unspecified atom stereocenters. The second kappa shape index (κ2) is 9.14. The normalized spacial score (nSPS) is 11.7. The maximum atomic E-state index is 12.6. The van der Waals surface area contributed by atoms with Gasteiger partial charge in [0.2, 0.25) is 0 Å². The van der Waals surface area contributed by atoms with Crippen LogP contribution in [0.25, 0.3) is 0 Å². The van der Waals surface area contributed by atoms with Crippen LogP contribution in [0, 0.1) is 0 Å². The lowest BCUT2D eigenvalue weighted by Crippen LogP contribution is -2.30. The van der Waals surface area contributed by atoms with E-state index in [0.29, 0.717) is 11.4 Å². The van der Waals surface area contributed by atoms with Crippen molar-refractivity contribution in [1.29, 1.82) is 0 Å². The maximum Gasteiger partial charge on any atom is 0.341 e. The van der Waals surface area contributed by atoms with Crippen LogP contribution in [0.1, 0.15) is 17.3 Å². The molecule has 2 rings (SSSR count). The molecule has 0 fully saturated rings. The summed E-state index contributed by atoms with van der Waals surface area (Å²) in [6, 6.07) is 9.47. The van der Waals surface area contributed by atoms with Crippen LogP contribution < -0.4 is 10.1 Å². The minimum atomic E-state index is -2.73. The molecular weight excluding hydrogens is 366 g/mol. The van der Waals surface area contributed by atoms with Crippen molar-refractivity contribution in [3.63, 3.8) is 0 Å². The summed E-state index contributed by atoms with van der Waals surface area (Å²) in [5.74, 6) is -3.79. The molecule has 138 valence electrons. The molecule has 6 nitrogen and oxygen atoms in total. The quantitative estimate of drug-likeness (QED) is 0.583. The number of amides is 1. The van der Waals surface area contributed by atoms with Gasteiger partial charge in [0.1, 0.15) is 10.8 Å². The third-order valence-corrected chi connectivity index (χ3v) is 3.94. The number of pyridine rings is 1. The highest BCUT2D eigenvalue weighted by Crippen LogP contribution is 2.27. The second-order valence-electron chi connectivity index (χ2n) is 4.97. The highest BCUT2D eigenvalue weighted by Gasteiger charge is 2.23. The first kappa shape index (κ1) is 19.6. The zero-order valence-electron chi connectivity index (χ0n) is 13.9. The van der Waals surface area contributed by atoms with Gasteiger partial charge in [-0.2, -0.15) is 8.78 Å². The van der Waals surface area contributed by atoms with Crippen LogP contribution in [0.3, 0.4) is 0 Å². The van der Waals surface area contributed by atoms with Crippen LogP contribution in [0.2, 0.25) is 0 Å². The Balaban J connectivity index is 2.06. The molecule has 9 heteroatoms. The Morgan fingerprint density at radius 1 is 1.19 bits per heavy atom. The number of hydrogen-bond donors (Lipinski definition) is 1. The lowest BCUT2D eigenvalue weighted by Gasteiger charge is -2.15. The van der Waals surface area contributed by atoms with Crippen molar-refractivity contribution >= 4 is 29.3 Å². The zero-order valence-corrected chi connectivity index (χ0v) is 14.8. The van der Waals surface area contributed by atoms with E-state index >= 15 is 0 Å². The number of nitrogens with zero attached hydrogens (tertiary/aromatic N) is 1. The molecule has 0 saturated carbocycles. The van der Waals surface area contributed by atoms with Crippen molar-refractivity contribution in [2.24, 2.45) is 0 Å². The molecule has 1 aromatic carbocycles. The number of esters is 1. The summed E-state index contributed by atoms with van der Waals surface area (Å²) in [7, 11) is 1.46. The number of ether oxygens (including phenoxy) is 2. The molecule has 1 heterocycles. The molecule has 0 bridgehead atoms. The molecule has 1 amide bonds. The van der Waals surface area contributed by atoms with E-state index in [-0.39, 0.29) is 22.4 Å². The molecule has 1 aromatic heterocycles. The van der Waals surface area contributed by atoms with E-state index in [1.165, 1.54) is 32.4 Å². The number of benzene rings is 1. The minimum Gasteiger partial charge on any atom is -0.495 e. The van der Waals surface area contributed by atoms with Gasteiger partial charge in [-0.25, -0.2) is 9.78 Å². The topological polar surface area (TPSA) is 77.5 Å². The van der Waals surface area contributed by atoms with Gasteiger partial charge in [-0.1, -0.05) is 12.1 Å². The van der Waals surface area contributed by atoms with E-state index in [1.807, 2.05) is 0 Å². The van der Waals surface area contributed by atoms with Gasteiger partial charge in [-0.05, 0) is 43.0 Å². The Labute approximate surface area is 152 Å². The molecule has 0 radical (unpaired) electrons. The fraction of sp³-hybridized carbons (Fsp3) is 0.235. The molecule has 1 N–H and O–H groups in total. The fourth-order valence-electron chi connectivity index (χ4n) is 1.98. The summed E-state index contributed by atoms with van der Waals surface area (Å²) in [4.78, 5) is 28.2. The highest BCUT2D eigenvalue weighted by molar-refractivity contribution is 7.99. The number of nitrogens with one attached hydrogen (secondary N) is 1. The third kappa shape index (κ3) is 5.16. The monoisotopic (exact) mass is 382 g/mol. The van der Waals surface area contributed by atoms with Crippen molar-refractivity contribution in [2.45, 2.75) is 23.8 Å². The molecule has 0 saturated heterocycles. The largest absolute Gasteiger partial charge is 0.495 e. The number of halogens is 2. The third-order valence-electron chi connectivity index (χ3n) is 3.21. The average Bonchev–Trinajstić information content (AvgIpc) is 2.62. The number of aromatic nitrogens is 1. The van der Waals surface area contributed by atoms with Gasteiger partial charge < -0.3 is 14.8 Å². The van der Waals surface area contributed by atoms with Crippen LogP contribution in [-0.2, 0) is 9.53 Å². The van der Waals surface area contributed by atoms with Crippen molar-refractivity contribution in [2.75, 3.05) is 12.4 Å². The van der Waals surface area contributed by atoms with E-state index in [1.54, 1.807) is 24.3 Å². The standard InChI is InChI=1S/C17H16F2N2O4S/c1-10(14(22)21-12-7-3-4-8-13(12)24-2)25-16(23)11-6-5-9-20-15(11)26-17(18)19/h3-10,17H,1-2H3,(H,21,22)/t10-/m1/s1. The predicted octanol–water partition coefficient (Wildman–Crippen LogP) is 3.59. The fourth-order valence-corrected chi connectivity index (χ4v) is 2.55. The lowest BCUT2D eigenvalue weighted by molar-refractivity contribution is -0.123. The van der Waals surface area contributed by atoms with E-state index < -0.39 is 23.7 Å². The van der Waals surface area contributed by atoms with Crippen LogP contribution in [0.5, 0.6) is 5.75 Å². The van der Waals surface area contributed by atoms with Crippen LogP contribution in [-0.4, -0.2) is 35.8 Å². The van der Waals surface area contributed by atoms with Crippen LogP contribution in [0.4, 0.5) is 14.5 Å². The number of carbonyl (C=O) groups excluding carboxylic acids is 2. The van der Waals surface area contributed by atoms with Gasteiger partial charge in [0.05, 0.1) is 18.4 Å². The highest BCUT2D eigenvalue weighted by atomic mass is 32.2. The molecule has 0 aliphatic heterocycles. The van der Waals surface area contributed by atoms with Crippen LogP contribution in [0.15, 0.2) is 47.6 Å². The van der Waals surface area contributed by atoms with E-state index in [2.05, 4.69) is 10.3 Å². The lowest BCUT2D eigenvalue weighted by atomic mass is 10.2. The van der Waals surface area contributed by atoms with E-state index in [9.17, 15) is 18.4 Å². The smallest absolute Gasteiger partial charge is 0.341 e. The molecule has 0 aliphatic carbocycles. The number of methoxy groups -OCH3 is 1. The Morgan fingerprint density at radius 2 is 1.92 bits per heavy atom. The number of para-hydroxylation sites is 2. The van der Waals surface area contributed by atoms with Crippen LogP contribution >= 0.6 is 11.8 Å². The van der Waals surface area contributed by atoms with Gasteiger partial charge >= 0.3 is 5.97 Å². The summed E-state index contributed by atoms with van der Waals surface area (Å²) in [5, 5.41) is 2.42. The average molecular weight is 382 g/mol. The molecule has 0 spiro atoms. The van der Waals surface area contributed by atoms with E-state index in [4.69, 9.17) is 9.47 Å². The summed E-state index contributed by atoms with van der Waals surface area (Å²) >= 11 is 0.134. The SMILES string of the molecule is COc1ccccc1NC(=O)[C@@H](C)OC(=O)c1cccnc1SC(F)F. The summed E-state index contributed by atoms with van der Waals surface area (Å²) < 4.78 is 35.3. The summed E-state index contributed by atoms with van der Waals surface area (Å²) in [6.45, 7) is 1.37. The Hall–Kier alpha value is -2.68. The van der Waals surface area contributed by atoms with E-state index in [0.717, 1.165) is 0 Å². The Bertz CT molecular complexity index is 789. The number of thioether (sulfide) groups is 1. The first-order chi connectivity index (χ1) is 12.4. The zero-order chi connectivity index (χ0) is 19.1. The van der Waals surface area contributed by atoms with Gasteiger partial charge in [-0.3, -0.25) is 4.79 Å². The van der Waals surface area contributed by atoms with Gasteiger partial charge in [0.15, 0.2) is 6.10 Å². The maximum absolute atomic E-state index is 12.6. The van der Waals surface area contributed by atoms with Crippen molar-refractivity contribution in [3.05, 3.63) is 48.2 Å². The number of hydrogen-bond acceptors (Lipinski definition) is 6. The number of alkyl halides is 2. The summed E-state index contributed by atoms with van der Waals surface area (Å²) in [5.41, 5.74) is 0.285. The summed E-state index contributed by atoms with van der Waals surface area (Å²) in [6.07, 6.45) is 0.135. The predicted molar refractivity (Wildman–Crippen MR) is 92.6 cm³/mol. The Kier molecular flexibility index (Phi) is 6.90. The molecule has 2 aromatic rings. The first-order valence-corrected chi connectivity index (χ1v) is 8.35. The Morgan fingerprint density at radius 3 is 2.62 bits per heavy atom. The number of rotatable bonds is 7. The minimum absolute atomic E-state index is 0.130. The number of carbonyl (C=O) groups is 2. The van der Waals surface area contributed by atoms with Gasteiger partial charge in [0.25, 0.3) is 11.7 Å². The molecular formula is C17H16F2N2O4S. The molecule has 1 atom stereocenters. The first-order valence-electron chi connectivity index (χ1n) is 7.47. The molecule has 26 heavy (non-hydrogen) atoms. The van der Waals surface area contributed by atoms with Crippen molar-refractivity contribution in [3.8, 4) is 5.75 Å². The molecule has 0 aliphatic rings.